The Kier molecular flexibility index (Phi) is 11.2. The number of aryl methyl sites for hydroxylation is 1. The molecule has 39 heavy (non-hydrogen) atoms. The molecule has 0 aliphatic heterocycles. The molecule has 1 aliphatic rings. The van der Waals surface area contributed by atoms with Gasteiger partial charge >= 0.3 is 0 Å². The third kappa shape index (κ3) is 7.71. The summed E-state index contributed by atoms with van der Waals surface area (Å²) < 4.78 is 12.4. The average Bonchev–Trinajstić information content (AvgIpc) is 2.92. The van der Waals surface area contributed by atoms with Crippen LogP contribution >= 0.6 is 22.6 Å². The molecule has 0 saturated heterocycles. The summed E-state index contributed by atoms with van der Waals surface area (Å²) >= 11 is 2.06. The van der Waals surface area contributed by atoms with Crippen molar-refractivity contribution in [1.29, 1.82) is 0 Å². The van der Waals surface area contributed by atoms with E-state index < -0.39 is 24.2 Å². The van der Waals surface area contributed by atoms with Gasteiger partial charge in [-0.05, 0) is 58.9 Å². The van der Waals surface area contributed by atoms with Crippen molar-refractivity contribution in [3.8, 4) is 11.5 Å². The summed E-state index contributed by atoms with van der Waals surface area (Å²) in [5.74, 6) is -0.179. The van der Waals surface area contributed by atoms with Crippen molar-refractivity contribution in [3.63, 3.8) is 0 Å². The lowest BCUT2D eigenvalue weighted by atomic mass is 9.87. The van der Waals surface area contributed by atoms with Crippen LogP contribution < -0.4 is 14.8 Å². The Morgan fingerprint density at radius 3 is 2.44 bits per heavy atom. The molecule has 0 bridgehead atoms. The Morgan fingerprint density at radius 1 is 1.15 bits per heavy atom. The number of carbonyl (C=O) groups excluding carboxylic acids is 2. The molecule has 3 rings (SSSR count). The molecule has 0 aromatic heterocycles. The summed E-state index contributed by atoms with van der Waals surface area (Å²) in [6.07, 6.45) is -0.472. The Hall–Kier alpha value is -2.67. The van der Waals surface area contributed by atoms with E-state index in [-0.39, 0.29) is 44.5 Å². The van der Waals surface area contributed by atoms with Crippen LogP contribution in [0.15, 0.2) is 48.0 Å². The van der Waals surface area contributed by atoms with Crippen LogP contribution in [-0.4, -0.2) is 70.5 Å². The molecular weight excluding hydrogens is 615 g/mol. The third-order valence-electron chi connectivity index (χ3n) is 6.59. The third-order valence-corrected chi connectivity index (χ3v) is 7.39. The van der Waals surface area contributed by atoms with Gasteiger partial charge in [-0.25, -0.2) is 0 Å². The number of aliphatic hydroxyl groups is 3. The lowest BCUT2D eigenvalue weighted by Crippen LogP contribution is -2.55. The van der Waals surface area contributed by atoms with E-state index in [2.05, 4.69) is 27.9 Å². The first-order valence-electron chi connectivity index (χ1n) is 12.9. The Morgan fingerprint density at radius 2 is 1.85 bits per heavy atom. The van der Waals surface area contributed by atoms with Crippen molar-refractivity contribution in [1.82, 2.24) is 10.2 Å². The fourth-order valence-electron chi connectivity index (χ4n) is 4.47. The van der Waals surface area contributed by atoms with Gasteiger partial charge in [0.25, 0.3) is 0 Å². The summed E-state index contributed by atoms with van der Waals surface area (Å²) in [4.78, 5) is 28.1. The summed E-state index contributed by atoms with van der Waals surface area (Å²) in [5, 5.41) is 33.1. The number of amides is 2. The number of benzene rings is 2. The molecule has 212 valence electrons. The van der Waals surface area contributed by atoms with Crippen LogP contribution in [0.25, 0.3) is 0 Å². The topological polar surface area (TPSA) is 129 Å². The molecule has 0 fully saturated rings. The van der Waals surface area contributed by atoms with Crippen molar-refractivity contribution in [2.75, 3.05) is 20.3 Å². The van der Waals surface area contributed by atoms with Gasteiger partial charge in [0.1, 0.15) is 12.2 Å². The molecule has 0 saturated carbocycles. The van der Waals surface area contributed by atoms with Crippen LogP contribution in [0, 0.1) is 16.4 Å². The van der Waals surface area contributed by atoms with E-state index in [1.807, 2.05) is 31.2 Å². The lowest BCUT2D eigenvalue weighted by molar-refractivity contribution is -0.142. The van der Waals surface area contributed by atoms with Gasteiger partial charge in [-0.1, -0.05) is 43.7 Å². The van der Waals surface area contributed by atoms with Gasteiger partial charge in [-0.2, -0.15) is 0 Å². The van der Waals surface area contributed by atoms with Crippen molar-refractivity contribution in [2.45, 2.75) is 58.6 Å². The van der Waals surface area contributed by atoms with Crippen molar-refractivity contribution >= 4 is 34.4 Å². The van der Waals surface area contributed by atoms with Crippen LogP contribution in [0.5, 0.6) is 11.5 Å². The van der Waals surface area contributed by atoms with Gasteiger partial charge in [0, 0.05) is 31.0 Å². The Balaban J connectivity index is 2.04. The second kappa shape index (κ2) is 14.1. The second-order valence-corrected chi connectivity index (χ2v) is 11.1. The number of ether oxygens (including phenoxy) is 2. The zero-order chi connectivity index (χ0) is 28.7. The molecule has 3 atom stereocenters. The number of aliphatic hydroxyl groups excluding tert-OH is 3. The number of carbonyl (C=O) groups is 2. The smallest absolute Gasteiger partial charge is 0.247 e. The SMILES string of the molecule is COc1cc(CO)cc(I)c1OC1C=C(C(=O)NCCO)CC(N(Cc2ccc(C)cc2)C(=O)C(C)C)C1O. The number of nitrogens with one attached hydrogen (secondary N) is 1. The minimum atomic E-state index is -1.16. The molecule has 10 heteroatoms. The molecule has 0 spiro atoms. The summed E-state index contributed by atoms with van der Waals surface area (Å²) in [6.45, 7) is 5.51. The number of methoxy groups -OCH3 is 1. The highest BCUT2D eigenvalue weighted by molar-refractivity contribution is 14.1. The molecule has 0 radical (unpaired) electrons. The van der Waals surface area contributed by atoms with Gasteiger partial charge in [0.2, 0.25) is 11.8 Å². The van der Waals surface area contributed by atoms with Gasteiger partial charge in [-0.3, -0.25) is 9.59 Å². The molecule has 2 aromatic carbocycles. The monoisotopic (exact) mass is 652 g/mol. The maximum atomic E-state index is 13.5. The fourth-order valence-corrected chi connectivity index (χ4v) is 5.27. The molecule has 2 amide bonds. The molecule has 3 unspecified atom stereocenters. The van der Waals surface area contributed by atoms with Gasteiger partial charge in [-0.15, -0.1) is 0 Å². The largest absolute Gasteiger partial charge is 0.493 e. The molecule has 0 heterocycles. The van der Waals surface area contributed by atoms with Gasteiger partial charge in [0.05, 0.1) is 29.9 Å². The van der Waals surface area contributed by atoms with Crippen molar-refractivity contribution in [3.05, 3.63) is 68.3 Å². The van der Waals surface area contributed by atoms with Crippen LogP contribution in [0.2, 0.25) is 0 Å². The minimum absolute atomic E-state index is 0.0707. The summed E-state index contributed by atoms with van der Waals surface area (Å²) in [5.41, 5.74) is 2.97. The quantitative estimate of drug-likeness (QED) is 0.275. The molecule has 2 aromatic rings. The van der Waals surface area contributed by atoms with Gasteiger partial charge in [0.15, 0.2) is 11.5 Å². The van der Waals surface area contributed by atoms with Crippen LogP contribution in [-0.2, 0) is 22.7 Å². The summed E-state index contributed by atoms with van der Waals surface area (Å²) in [6, 6.07) is 10.5. The highest BCUT2D eigenvalue weighted by Crippen LogP contribution is 2.37. The normalized spacial score (nSPS) is 18.9. The maximum absolute atomic E-state index is 13.5. The number of rotatable bonds is 11. The zero-order valence-electron chi connectivity index (χ0n) is 22.7. The predicted molar refractivity (Wildman–Crippen MR) is 155 cm³/mol. The van der Waals surface area contributed by atoms with E-state index >= 15 is 0 Å². The van der Waals surface area contributed by atoms with Gasteiger partial charge < -0.3 is 35.0 Å². The first-order chi connectivity index (χ1) is 18.6. The molecule has 1 aliphatic carbocycles. The van der Waals surface area contributed by atoms with E-state index in [0.717, 1.165) is 11.1 Å². The molecule has 9 nitrogen and oxygen atoms in total. The Labute approximate surface area is 243 Å². The van der Waals surface area contributed by atoms with Crippen LogP contribution in [0.1, 0.15) is 37.0 Å². The summed E-state index contributed by atoms with van der Waals surface area (Å²) in [7, 11) is 1.48. The highest BCUT2D eigenvalue weighted by Gasteiger charge is 2.41. The number of nitrogens with zero attached hydrogens (tertiary/aromatic N) is 1. The highest BCUT2D eigenvalue weighted by atomic mass is 127. The van der Waals surface area contributed by atoms with E-state index in [1.165, 1.54) is 7.11 Å². The van der Waals surface area contributed by atoms with E-state index in [9.17, 15) is 24.9 Å². The average molecular weight is 653 g/mol. The van der Waals surface area contributed by atoms with E-state index in [4.69, 9.17) is 9.47 Å². The number of halogens is 1. The van der Waals surface area contributed by atoms with Crippen LogP contribution in [0.4, 0.5) is 0 Å². The Bertz CT molecular complexity index is 1180. The maximum Gasteiger partial charge on any atom is 0.247 e. The number of hydrogen-bond acceptors (Lipinski definition) is 7. The van der Waals surface area contributed by atoms with Crippen molar-refractivity contribution in [2.24, 2.45) is 5.92 Å². The second-order valence-electron chi connectivity index (χ2n) is 9.89. The van der Waals surface area contributed by atoms with Crippen molar-refractivity contribution < 1.29 is 34.4 Å². The van der Waals surface area contributed by atoms with E-state index in [0.29, 0.717) is 26.2 Å². The lowest BCUT2D eigenvalue weighted by Gasteiger charge is -2.41. The first kappa shape index (κ1) is 30.9. The standard InChI is InChI=1S/C29H37IN2O7/c1-17(2)29(37)32(15-19-7-5-18(3)6-8-19)23-13-21(28(36)31-9-10-33)14-24(26(23)35)39-27-22(30)11-20(16-34)12-25(27)38-4/h5-8,11-12,14,17,23-24,26,33-35H,9-10,13,15-16H2,1-4H3,(H,31,36). The fraction of sp³-hybridized carbons (Fsp3) is 0.448. The first-order valence-corrected chi connectivity index (χ1v) is 13.9. The minimum Gasteiger partial charge on any atom is -0.493 e. The molecular formula is C29H37IN2O7. The van der Waals surface area contributed by atoms with E-state index in [1.54, 1.807) is 37.0 Å². The van der Waals surface area contributed by atoms with Crippen LogP contribution in [0.3, 0.4) is 0 Å². The zero-order valence-corrected chi connectivity index (χ0v) is 24.8. The predicted octanol–water partition coefficient (Wildman–Crippen LogP) is 2.70. The molecule has 4 N–H and O–H groups in total. The number of hydrogen-bond donors (Lipinski definition) is 4.